The van der Waals surface area contributed by atoms with Crippen LogP contribution in [0.4, 0.5) is 0 Å². The molecule has 1 unspecified atom stereocenters. The Morgan fingerprint density at radius 3 is 2.29 bits per heavy atom. The summed E-state index contributed by atoms with van der Waals surface area (Å²) in [5, 5.41) is 9.48. The van der Waals surface area contributed by atoms with Crippen molar-refractivity contribution in [2.45, 2.75) is 87.0 Å². The van der Waals surface area contributed by atoms with Crippen LogP contribution in [0.15, 0.2) is 34.4 Å². The normalized spacial score (nSPS) is 40.2. The van der Waals surface area contributed by atoms with E-state index < -0.39 is 5.97 Å². The van der Waals surface area contributed by atoms with Gasteiger partial charge in [0.25, 0.3) is 0 Å². The maximum absolute atomic E-state index is 13.7. The Balaban J connectivity index is 1.77. The number of aliphatic carboxylic acids is 1. The van der Waals surface area contributed by atoms with E-state index in [-0.39, 0.29) is 57.1 Å². The van der Waals surface area contributed by atoms with Crippen LogP contribution in [0.1, 0.15) is 87.0 Å². The average molecular weight is 481 g/mol. The van der Waals surface area contributed by atoms with Crippen LogP contribution in [-0.4, -0.2) is 28.4 Å². The smallest absolute Gasteiger partial charge is 0.330 e. The van der Waals surface area contributed by atoms with Crippen molar-refractivity contribution in [2.75, 3.05) is 0 Å². The topological polar surface area (TPSA) is 88.5 Å². The van der Waals surface area contributed by atoms with E-state index in [0.717, 1.165) is 30.4 Å². The van der Waals surface area contributed by atoms with Crippen LogP contribution in [0, 0.1) is 39.9 Å². The van der Waals surface area contributed by atoms with Crippen LogP contribution >= 0.6 is 0 Å². The summed E-state index contributed by atoms with van der Waals surface area (Å²) in [5.74, 6) is -0.458. The lowest BCUT2D eigenvalue weighted by molar-refractivity contribution is -0.154. The highest BCUT2D eigenvalue weighted by atomic mass is 16.4. The summed E-state index contributed by atoms with van der Waals surface area (Å²) in [5.41, 5.74) is 2.08. The number of rotatable bonds is 4. The molecule has 5 nitrogen and oxygen atoms in total. The minimum Gasteiger partial charge on any atom is -0.478 e. The molecule has 0 radical (unpaired) electrons. The highest BCUT2D eigenvalue weighted by Gasteiger charge is 2.64. The molecule has 0 aromatic rings. The summed E-state index contributed by atoms with van der Waals surface area (Å²) in [6, 6.07) is 0. The number of carbonyl (C=O) groups excluding carboxylic acids is 3. The molecule has 0 aromatic heterocycles. The van der Waals surface area contributed by atoms with Gasteiger partial charge in [0.05, 0.1) is 0 Å². The van der Waals surface area contributed by atoms with Crippen molar-refractivity contribution in [3.05, 3.63) is 34.4 Å². The molecule has 0 heterocycles. The average Bonchev–Trinajstić information content (AvgIpc) is 3.29. The molecule has 4 aliphatic carbocycles. The molecule has 1 N–H and O–H groups in total. The van der Waals surface area contributed by atoms with E-state index in [4.69, 9.17) is 0 Å². The Morgan fingerprint density at radius 2 is 1.69 bits per heavy atom. The van der Waals surface area contributed by atoms with Crippen LogP contribution < -0.4 is 0 Å². The number of hydrogen-bond acceptors (Lipinski definition) is 4. The summed E-state index contributed by atoms with van der Waals surface area (Å²) in [6.45, 7) is 13.9. The van der Waals surface area contributed by atoms with Gasteiger partial charge in [-0.05, 0) is 80.6 Å². The standard InChI is InChI=1S/C30H40O5/c1-16(27(34)35)14-21-19(8-9-20(21)18(3)31)17(2)26-22(32)15-24-29(6)13-11-25(33)28(4,5)23(29)10-12-30(24,26)7/h9,14,19,21,23-24H,8,10-13,15H2,1-7H3,(H,34,35)/b16-14+,26-17-/t19-,21+,23?,24+,29+,30+/m1/s1. The second-order valence-electron chi connectivity index (χ2n) is 12.6. The fraction of sp³-hybridized carbons (Fsp3) is 0.667. The first-order valence-corrected chi connectivity index (χ1v) is 13.1. The summed E-state index contributed by atoms with van der Waals surface area (Å²) in [6.07, 6.45) is 7.99. The molecule has 35 heavy (non-hydrogen) atoms. The predicted molar refractivity (Wildman–Crippen MR) is 135 cm³/mol. The van der Waals surface area contributed by atoms with E-state index in [9.17, 15) is 24.3 Å². The monoisotopic (exact) mass is 480 g/mol. The van der Waals surface area contributed by atoms with Gasteiger partial charge in [-0.25, -0.2) is 4.79 Å². The maximum atomic E-state index is 13.7. The second-order valence-corrected chi connectivity index (χ2v) is 12.6. The molecule has 4 aliphatic rings. The van der Waals surface area contributed by atoms with Gasteiger partial charge in [-0.2, -0.15) is 0 Å². The zero-order chi connectivity index (χ0) is 26.1. The van der Waals surface area contributed by atoms with Gasteiger partial charge in [0.1, 0.15) is 5.78 Å². The van der Waals surface area contributed by atoms with Gasteiger partial charge in [0.2, 0.25) is 0 Å². The number of carboxylic acid groups (broad SMARTS) is 1. The molecule has 0 aliphatic heterocycles. The van der Waals surface area contributed by atoms with E-state index in [1.165, 1.54) is 6.92 Å². The van der Waals surface area contributed by atoms with Crippen molar-refractivity contribution in [1.82, 2.24) is 0 Å². The van der Waals surface area contributed by atoms with E-state index in [0.29, 0.717) is 30.6 Å². The largest absolute Gasteiger partial charge is 0.478 e. The van der Waals surface area contributed by atoms with Gasteiger partial charge < -0.3 is 5.11 Å². The first kappa shape index (κ1) is 25.8. The minimum atomic E-state index is -0.992. The summed E-state index contributed by atoms with van der Waals surface area (Å²) >= 11 is 0. The van der Waals surface area contributed by atoms with Crippen molar-refractivity contribution in [2.24, 2.45) is 39.9 Å². The van der Waals surface area contributed by atoms with Gasteiger partial charge in [-0.1, -0.05) is 45.4 Å². The van der Waals surface area contributed by atoms with E-state index >= 15 is 0 Å². The predicted octanol–water partition coefficient (Wildman–Crippen LogP) is 5.89. The van der Waals surface area contributed by atoms with E-state index in [1.807, 2.05) is 13.0 Å². The molecule has 190 valence electrons. The summed E-state index contributed by atoms with van der Waals surface area (Å²) in [7, 11) is 0. The van der Waals surface area contributed by atoms with Gasteiger partial charge in [0.15, 0.2) is 11.6 Å². The fourth-order valence-electron chi connectivity index (χ4n) is 8.70. The third-order valence-corrected chi connectivity index (χ3v) is 10.5. The maximum Gasteiger partial charge on any atom is 0.330 e. The quantitative estimate of drug-likeness (QED) is 0.507. The van der Waals surface area contributed by atoms with Crippen molar-refractivity contribution in [3.8, 4) is 0 Å². The molecule has 0 spiro atoms. The second kappa shape index (κ2) is 8.38. The number of Topliss-reactive ketones (excluding diaryl/α,β-unsaturated/α-hetero) is 3. The SMILES string of the molecule is CC(=O)C1=CC[C@H](/C(C)=C2/C(=O)C[C@H]3[C@@]4(C)CCC(=O)C(C)(C)C4CC[C@]23C)[C@@H]1/C=C(\C)C(=O)O. The highest BCUT2D eigenvalue weighted by Crippen LogP contribution is 2.69. The first-order valence-electron chi connectivity index (χ1n) is 13.1. The van der Waals surface area contributed by atoms with Crippen LogP contribution in [0.2, 0.25) is 0 Å². The van der Waals surface area contributed by atoms with Crippen LogP contribution in [0.25, 0.3) is 0 Å². The van der Waals surface area contributed by atoms with Crippen LogP contribution in [0.5, 0.6) is 0 Å². The van der Waals surface area contributed by atoms with E-state index in [2.05, 4.69) is 27.7 Å². The third kappa shape index (κ3) is 3.72. The van der Waals surface area contributed by atoms with Crippen molar-refractivity contribution in [3.63, 3.8) is 0 Å². The number of ketones is 3. The number of hydrogen-bond donors (Lipinski definition) is 1. The van der Waals surface area contributed by atoms with Crippen LogP contribution in [0.3, 0.4) is 0 Å². The Labute approximate surface area is 209 Å². The molecule has 0 aromatic carbocycles. The third-order valence-electron chi connectivity index (χ3n) is 10.5. The molecule has 0 bridgehead atoms. The Hall–Kier alpha value is -2.30. The zero-order valence-electron chi connectivity index (χ0n) is 22.3. The Kier molecular flexibility index (Phi) is 6.18. The van der Waals surface area contributed by atoms with Crippen molar-refractivity contribution < 1.29 is 24.3 Å². The number of fused-ring (bicyclic) bond motifs is 3. The molecular formula is C30H40O5. The molecule has 0 saturated heterocycles. The highest BCUT2D eigenvalue weighted by molar-refractivity contribution is 6.01. The molecule has 3 saturated carbocycles. The molecule has 5 heteroatoms. The Bertz CT molecular complexity index is 1100. The minimum absolute atomic E-state index is 0.0475. The van der Waals surface area contributed by atoms with Gasteiger partial charge in [-0.3, -0.25) is 14.4 Å². The molecule has 6 atom stereocenters. The lowest BCUT2D eigenvalue weighted by atomic mass is 9.43. The van der Waals surface area contributed by atoms with Gasteiger partial charge >= 0.3 is 5.97 Å². The van der Waals surface area contributed by atoms with Crippen LogP contribution in [-0.2, 0) is 19.2 Å². The molecule has 3 fully saturated rings. The van der Waals surface area contributed by atoms with Gasteiger partial charge in [0, 0.05) is 35.3 Å². The van der Waals surface area contributed by atoms with Crippen molar-refractivity contribution >= 4 is 23.3 Å². The lowest BCUT2D eigenvalue weighted by Gasteiger charge is -2.60. The fourth-order valence-corrected chi connectivity index (χ4v) is 8.70. The lowest BCUT2D eigenvalue weighted by Crippen LogP contribution is -2.56. The Morgan fingerprint density at radius 1 is 1.03 bits per heavy atom. The summed E-state index contributed by atoms with van der Waals surface area (Å²) < 4.78 is 0. The van der Waals surface area contributed by atoms with Gasteiger partial charge in [-0.15, -0.1) is 0 Å². The molecular weight excluding hydrogens is 440 g/mol. The first-order chi connectivity index (χ1) is 16.2. The van der Waals surface area contributed by atoms with Crippen molar-refractivity contribution in [1.29, 1.82) is 0 Å². The molecule has 0 amide bonds. The number of carboxylic acids is 1. The van der Waals surface area contributed by atoms with E-state index in [1.54, 1.807) is 13.0 Å². The number of allylic oxidation sites excluding steroid dienone is 5. The summed E-state index contributed by atoms with van der Waals surface area (Å²) in [4.78, 5) is 50.5. The number of carbonyl (C=O) groups is 4. The zero-order valence-corrected chi connectivity index (χ0v) is 22.3. The molecule has 4 rings (SSSR count).